The quantitative estimate of drug-likeness (QED) is 0.649. The lowest BCUT2D eigenvalue weighted by atomic mass is 9.93. The third kappa shape index (κ3) is 5.04. The minimum Gasteiger partial charge on any atom is -0.380 e. The van der Waals surface area contributed by atoms with E-state index >= 15 is 0 Å². The van der Waals surface area contributed by atoms with E-state index in [0.29, 0.717) is 19.1 Å². The van der Waals surface area contributed by atoms with Gasteiger partial charge in [-0.05, 0) is 6.07 Å². The normalized spacial score (nSPS) is 12.4. The van der Waals surface area contributed by atoms with Gasteiger partial charge in [0, 0.05) is 29.2 Å². The van der Waals surface area contributed by atoms with E-state index in [-0.39, 0.29) is 5.41 Å². The number of aliphatic imine (C=N–C) groups is 1. The van der Waals surface area contributed by atoms with Crippen LogP contribution in [-0.2, 0) is 23.3 Å². The Balaban J connectivity index is 2.02. The average Bonchev–Trinajstić information content (AvgIpc) is 2.96. The Bertz CT molecular complexity index is 673. The minimum atomic E-state index is 0.0569. The fourth-order valence-corrected chi connectivity index (χ4v) is 2.93. The molecule has 3 N–H and O–H groups in total. The Labute approximate surface area is 141 Å². The molecular formula is C17H24N4OS. The van der Waals surface area contributed by atoms with E-state index in [4.69, 9.17) is 10.5 Å². The van der Waals surface area contributed by atoms with Gasteiger partial charge < -0.3 is 15.8 Å². The predicted octanol–water partition coefficient (Wildman–Crippen LogP) is 3.51. The smallest absolute Gasteiger partial charge is 0.193 e. The highest BCUT2D eigenvalue weighted by molar-refractivity contribution is 7.09. The van der Waals surface area contributed by atoms with E-state index < -0.39 is 0 Å². The summed E-state index contributed by atoms with van der Waals surface area (Å²) in [6.45, 7) is 7.46. The van der Waals surface area contributed by atoms with Crippen molar-refractivity contribution in [2.75, 3.05) is 12.4 Å². The Hall–Kier alpha value is -1.92. The van der Waals surface area contributed by atoms with Crippen LogP contribution in [0.25, 0.3) is 0 Å². The molecule has 0 saturated carbocycles. The van der Waals surface area contributed by atoms with Crippen molar-refractivity contribution >= 4 is 23.0 Å². The van der Waals surface area contributed by atoms with Crippen molar-refractivity contribution in [3.63, 3.8) is 0 Å². The van der Waals surface area contributed by atoms with Gasteiger partial charge in [0.2, 0.25) is 0 Å². The van der Waals surface area contributed by atoms with Crippen molar-refractivity contribution in [3.8, 4) is 0 Å². The summed E-state index contributed by atoms with van der Waals surface area (Å²) in [5, 5.41) is 6.18. The molecule has 0 saturated heterocycles. The van der Waals surface area contributed by atoms with Gasteiger partial charge in [-0.1, -0.05) is 39.0 Å². The number of hydrogen-bond donors (Lipinski definition) is 2. The highest BCUT2D eigenvalue weighted by atomic mass is 32.1. The van der Waals surface area contributed by atoms with E-state index in [0.717, 1.165) is 22.0 Å². The van der Waals surface area contributed by atoms with E-state index in [9.17, 15) is 0 Å². The van der Waals surface area contributed by atoms with Crippen molar-refractivity contribution in [3.05, 3.63) is 45.9 Å². The lowest BCUT2D eigenvalue weighted by Crippen LogP contribution is -2.23. The standard InChI is InChI=1S/C17H24N4OS/c1-17(2,3)14-11-23-15(21-14)9-19-16(18)20-13-8-6-5-7-12(13)10-22-4/h5-8,11H,9-10H2,1-4H3,(H3,18,19,20). The summed E-state index contributed by atoms with van der Waals surface area (Å²) in [5.41, 5.74) is 9.08. The molecule has 0 aliphatic heterocycles. The van der Waals surface area contributed by atoms with Crippen LogP contribution in [0.15, 0.2) is 34.6 Å². The van der Waals surface area contributed by atoms with Crippen LogP contribution < -0.4 is 11.1 Å². The van der Waals surface area contributed by atoms with E-state index in [2.05, 4.69) is 41.4 Å². The fraction of sp³-hybridized carbons (Fsp3) is 0.412. The monoisotopic (exact) mass is 332 g/mol. The number of aromatic nitrogens is 1. The number of nitrogens with zero attached hydrogens (tertiary/aromatic N) is 2. The second-order valence-corrected chi connectivity index (χ2v) is 7.24. The summed E-state index contributed by atoms with van der Waals surface area (Å²) in [7, 11) is 1.67. The van der Waals surface area contributed by atoms with Gasteiger partial charge in [0.1, 0.15) is 5.01 Å². The van der Waals surface area contributed by atoms with Crippen molar-refractivity contribution in [2.24, 2.45) is 10.7 Å². The van der Waals surface area contributed by atoms with E-state index in [1.54, 1.807) is 18.4 Å². The fourth-order valence-electron chi connectivity index (χ4n) is 1.98. The van der Waals surface area contributed by atoms with Gasteiger partial charge in [0.05, 0.1) is 18.8 Å². The molecule has 1 aromatic heterocycles. The summed E-state index contributed by atoms with van der Waals surface area (Å²) in [4.78, 5) is 8.99. The number of benzene rings is 1. The molecule has 0 amide bonds. The van der Waals surface area contributed by atoms with Crippen molar-refractivity contribution in [1.29, 1.82) is 0 Å². The van der Waals surface area contributed by atoms with Gasteiger partial charge in [0.15, 0.2) is 5.96 Å². The highest BCUT2D eigenvalue weighted by Gasteiger charge is 2.17. The van der Waals surface area contributed by atoms with Crippen LogP contribution in [0.5, 0.6) is 0 Å². The van der Waals surface area contributed by atoms with E-state index in [1.807, 2.05) is 24.3 Å². The van der Waals surface area contributed by atoms with Gasteiger partial charge >= 0.3 is 0 Å². The second-order valence-electron chi connectivity index (χ2n) is 6.29. The molecule has 2 aromatic rings. The number of thiazole rings is 1. The van der Waals surface area contributed by atoms with Crippen molar-refractivity contribution in [1.82, 2.24) is 4.98 Å². The molecule has 124 valence electrons. The SMILES string of the molecule is COCc1ccccc1NC(N)=NCc1nc(C(C)(C)C)cs1. The molecule has 0 atom stereocenters. The number of ether oxygens (including phenoxy) is 1. The van der Waals surface area contributed by atoms with Gasteiger partial charge in [-0.3, -0.25) is 0 Å². The summed E-state index contributed by atoms with van der Waals surface area (Å²) < 4.78 is 5.18. The molecule has 0 bridgehead atoms. The Morgan fingerprint density at radius 3 is 2.74 bits per heavy atom. The van der Waals surface area contributed by atoms with E-state index in [1.165, 1.54) is 0 Å². The van der Waals surface area contributed by atoms with Crippen LogP contribution in [-0.4, -0.2) is 18.1 Å². The molecule has 2 rings (SSSR count). The molecule has 1 aromatic carbocycles. The molecule has 0 unspecified atom stereocenters. The second kappa shape index (κ2) is 7.57. The van der Waals surface area contributed by atoms with Crippen LogP contribution in [0, 0.1) is 0 Å². The molecule has 0 spiro atoms. The molecular weight excluding hydrogens is 308 g/mol. The molecule has 0 aliphatic rings. The number of nitrogens with two attached hydrogens (primary N) is 1. The lowest BCUT2D eigenvalue weighted by Gasteiger charge is -2.14. The van der Waals surface area contributed by atoms with Crippen LogP contribution in [0.3, 0.4) is 0 Å². The Kier molecular flexibility index (Phi) is 5.74. The summed E-state index contributed by atoms with van der Waals surface area (Å²) in [6.07, 6.45) is 0. The molecule has 23 heavy (non-hydrogen) atoms. The van der Waals surface area contributed by atoms with Gasteiger partial charge in [-0.2, -0.15) is 0 Å². The van der Waals surface area contributed by atoms with Crippen LogP contribution in [0.2, 0.25) is 0 Å². The number of guanidine groups is 1. The Morgan fingerprint density at radius 2 is 2.09 bits per heavy atom. The maximum absolute atomic E-state index is 5.99. The molecule has 0 fully saturated rings. The molecule has 0 radical (unpaired) electrons. The lowest BCUT2D eigenvalue weighted by molar-refractivity contribution is 0.185. The van der Waals surface area contributed by atoms with Crippen LogP contribution in [0.4, 0.5) is 5.69 Å². The van der Waals surface area contributed by atoms with Crippen LogP contribution >= 0.6 is 11.3 Å². The number of anilines is 1. The first-order valence-electron chi connectivity index (χ1n) is 7.49. The number of para-hydroxylation sites is 1. The summed E-state index contributed by atoms with van der Waals surface area (Å²) >= 11 is 1.61. The first-order chi connectivity index (χ1) is 10.9. The first kappa shape index (κ1) is 17.4. The zero-order valence-corrected chi connectivity index (χ0v) is 14.9. The third-order valence-electron chi connectivity index (χ3n) is 3.28. The predicted molar refractivity (Wildman–Crippen MR) is 96.9 cm³/mol. The molecule has 5 nitrogen and oxygen atoms in total. The highest BCUT2D eigenvalue weighted by Crippen LogP contribution is 2.24. The van der Waals surface area contributed by atoms with Crippen molar-refractivity contribution < 1.29 is 4.74 Å². The molecule has 6 heteroatoms. The number of hydrogen-bond acceptors (Lipinski definition) is 4. The molecule has 0 aliphatic carbocycles. The number of methoxy groups -OCH3 is 1. The van der Waals surface area contributed by atoms with Crippen LogP contribution in [0.1, 0.15) is 37.0 Å². The maximum atomic E-state index is 5.99. The molecule has 1 heterocycles. The topological polar surface area (TPSA) is 72.5 Å². The average molecular weight is 332 g/mol. The largest absolute Gasteiger partial charge is 0.380 e. The summed E-state index contributed by atoms with van der Waals surface area (Å²) in [5.74, 6) is 0.376. The van der Waals surface area contributed by atoms with Gasteiger partial charge in [-0.25, -0.2) is 9.98 Å². The zero-order chi connectivity index (χ0) is 16.9. The minimum absolute atomic E-state index is 0.0569. The van der Waals surface area contributed by atoms with Gasteiger partial charge in [0.25, 0.3) is 0 Å². The number of rotatable bonds is 5. The first-order valence-corrected chi connectivity index (χ1v) is 8.37. The van der Waals surface area contributed by atoms with Gasteiger partial charge in [-0.15, -0.1) is 11.3 Å². The summed E-state index contributed by atoms with van der Waals surface area (Å²) in [6, 6.07) is 7.87. The van der Waals surface area contributed by atoms with Crippen molar-refractivity contribution in [2.45, 2.75) is 39.3 Å². The number of nitrogens with one attached hydrogen (secondary N) is 1. The Morgan fingerprint density at radius 1 is 1.35 bits per heavy atom. The maximum Gasteiger partial charge on any atom is 0.193 e. The third-order valence-corrected chi connectivity index (χ3v) is 4.12. The zero-order valence-electron chi connectivity index (χ0n) is 14.1.